The third-order valence-electron chi connectivity index (χ3n) is 4.55. The third kappa shape index (κ3) is 1.88. The minimum atomic E-state index is -0.710. The zero-order valence-corrected chi connectivity index (χ0v) is 12.4. The van der Waals surface area contributed by atoms with Crippen molar-refractivity contribution in [2.24, 2.45) is 11.3 Å². The molecule has 1 saturated heterocycles. The quantitative estimate of drug-likeness (QED) is 0.897. The number of nitriles is 1. The molecule has 0 amide bonds. The molecule has 5 nitrogen and oxygen atoms in total. The maximum absolute atomic E-state index is 11.7. The molecule has 0 bridgehead atoms. The summed E-state index contributed by atoms with van der Waals surface area (Å²) >= 11 is 3.30. The highest BCUT2D eigenvalue weighted by Crippen LogP contribution is 2.49. The van der Waals surface area contributed by atoms with E-state index in [1.54, 1.807) is 12.3 Å². The van der Waals surface area contributed by atoms with E-state index in [1.807, 2.05) is 4.90 Å². The molecule has 1 aromatic rings. The average molecular weight is 336 g/mol. The lowest BCUT2D eigenvalue weighted by molar-refractivity contribution is -0.149. The Bertz CT molecular complexity index is 613. The lowest BCUT2D eigenvalue weighted by Gasteiger charge is -2.24. The van der Waals surface area contributed by atoms with Gasteiger partial charge in [0.2, 0.25) is 0 Å². The number of aliphatic carboxylic acids is 1. The van der Waals surface area contributed by atoms with Crippen molar-refractivity contribution in [3.05, 3.63) is 22.3 Å². The van der Waals surface area contributed by atoms with E-state index >= 15 is 0 Å². The van der Waals surface area contributed by atoms with Crippen LogP contribution in [0.2, 0.25) is 0 Å². The summed E-state index contributed by atoms with van der Waals surface area (Å²) in [5, 5.41) is 18.8. The molecule has 1 aliphatic heterocycles. The topological polar surface area (TPSA) is 77.2 Å². The maximum Gasteiger partial charge on any atom is 0.311 e. The predicted molar refractivity (Wildman–Crippen MR) is 76.3 cm³/mol. The summed E-state index contributed by atoms with van der Waals surface area (Å²) in [7, 11) is 0. The fourth-order valence-corrected chi connectivity index (χ4v) is 3.90. The lowest BCUT2D eigenvalue weighted by atomic mass is 9.81. The van der Waals surface area contributed by atoms with Crippen LogP contribution in [-0.2, 0) is 4.79 Å². The number of fused-ring (bicyclic) bond motifs is 1. The first-order chi connectivity index (χ1) is 9.56. The highest BCUT2D eigenvalue weighted by molar-refractivity contribution is 9.10. The molecule has 2 atom stereocenters. The number of hydrogen-bond donors (Lipinski definition) is 1. The maximum atomic E-state index is 11.7. The van der Waals surface area contributed by atoms with Gasteiger partial charge in [-0.25, -0.2) is 4.98 Å². The monoisotopic (exact) mass is 335 g/mol. The van der Waals surface area contributed by atoms with Crippen molar-refractivity contribution >= 4 is 27.7 Å². The predicted octanol–water partition coefficient (Wildman–Crippen LogP) is 2.41. The Morgan fingerprint density at radius 2 is 2.45 bits per heavy atom. The molecule has 6 heteroatoms. The Kier molecular flexibility index (Phi) is 3.17. The van der Waals surface area contributed by atoms with Crippen molar-refractivity contribution in [1.82, 2.24) is 4.98 Å². The molecule has 3 rings (SSSR count). The average Bonchev–Trinajstić information content (AvgIpc) is 2.96. The minimum Gasteiger partial charge on any atom is -0.481 e. The zero-order chi connectivity index (χ0) is 14.3. The van der Waals surface area contributed by atoms with Gasteiger partial charge in [-0.3, -0.25) is 4.79 Å². The van der Waals surface area contributed by atoms with Crippen LogP contribution in [0.4, 0.5) is 5.82 Å². The van der Waals surface area contributed by atoms with Gasteiger partial charge < -0.3 is 10.0 Å². The van der Waals surface area contributed by atoms with Gasteiger partial charge in [0, 0.05) is 23.8 Å². The normalized spacial score (nSPS) is 28.2. The van der Waals surface area contributed by atoms with Crippen LogP contribution in [0, 0.1) is 22.7 Å². The van der Waals surface area contributed by atoms with Crippen LogP contribution in [0.3, 0.4) is 0 Å². The van der Waals surface area contributed by atoms with Gasteiger partial charge in [-0.05, 0) is 40.8 Å². The van der Waals surface area contributed by atoms with Crippen LogP contribution in [0.5, 0.6) is 0 Å². The summed E-state index contributed by atoms with van der Waals surface area (Å²) in [6, 6.07) is 3.87. The van der Waals surface area contributed by atoms with Crippen LogP contribution in [0.1, 0.15) is 24.8 Å². The van der Waals surface area contributed by atoms with Gasteiger partial charge in [0.15, 0.2) is 0 Å². The van der Waals surface area contributed by atoms with Crippen LogP contribution in [0.15, 0.2) is 16.7 Å². The van der Waals surface area contributed by atoms with Crippen molar-refractivity contribution < 1.29 is 9.90 Å². The van der Waals surface area contributed by atoms with E-state index in [9.17, 15) is 15.2 Å². The molecule has 1 aromatic heterocycles. The molecule has 1 aliphatic carbocycles. The van der Waals surface area contributed by atoms with E-state index < -0.39 is 11.4 Å². The second kappa shape index (κ2) is 4.74. The highest BCUT2D eigenvalue weighted by atomic mass is 79.9. The van der Waals surface area contributed by atoms with E-state index in [0.29, 0.717) is 24.5 Å². The van der Waals surface area contributed by atoms with E-state index in [-0.39, 0.29) is 5.92 Å². The van der Waals surface area contributed by atoms with Crippen molar-refractivity contribution in [3.63, 3.8) is 0 Å². The molecular weight excluding hydrogens is 322 g/mol. The van der Waals surface area contributed by atoms with Crippen molar-refractivity contribution in [2.45, 2.75) is 19.3 Å². The van der Waals surface area contributed by atoms with Crippen molar-refractivity contribution in [2.75, 3.05) is 18.0 Å². The summed E-state index contributed by atoms with van der Waals surface area (Å²) in [5.74, 6) is 0.0563. The molecule has 1 saturated carbocycles. The number of carboxylic acids is 1. The molecule has 2 heterocycles. The number of carboxylic acid groups (broad SMARTS) is 1. The Morgan fingerprint density at radius 3 is 3.10 bits per heavy atom. The minimum absolute atomic E-state index is 0.164. The number of anilines is 1. The molecule has 0 unspecified atom stereocenters. The number of carbonyl (C=O) groups is 1. The Balaban J connectivity index is 1.95. The lowest BCUT2D eigenvalue weighted by Crippen LogP contribution is -2.36. The van der Waals surface area contributed by atoms with E-state index in [0.717, 1.165) is 23.7 Å². The summed E-state index contributed by atoms with van der Waals surface area (Å²) in [6.07, 6.45) is 4.30. The molecule has 0 spiro atoms. The summed E-state index contributed by atoms with van der Waals surface area (Å²) < 4.78 is 0.755. The first-order valence-electron chi connectivity index (χ1n) is 6.61. The van der Waals surface area contributed by atoms with Gasteiger partial charge in [0.1, 0.15) is 11.9 Å². The third-order valence-corrected chi connectivity index (χ3v) is 4.98. The summed E-state index contributed by atoms with van der Waals surface area (Å²) in [4.78, 5) is 17.9. The SMILES string of the molecule is N#Cc1cc(Br)cnc1N1C[C@@H]2CCC[C@@]2(C(=O)O)C1. The number of hydrogen-bond acceptors (Lipinski definition) is 4. The van der Waals surface area contributed by atoms with Crippen LogP contribution in [0.25, 0.3) is 0 Å². The number of aromatic nitrogens is 1. The summed E-state index contributed by atoms with van der Waals surface area (Å²) in [5.41, 5.74) is -0.165. The van der Waals surface area contributed by atoms with E-state index in [4.69, 9.17) is 0 Å². The fourth-order valence-electron chi connectivity index (χ4n) is 3.57. The smallest absolute Gasteiger partial charge is 0.311 e. The molecule has 104 valence electrons. The molecule has 0 aromatic carbocycles. The summed E-state index contributed by atoms with van der Waals surface area (Å²) in [6.45, 7) is 1.13. The number of rotatable bonds is 2. The molecule has 0 radical (unpaired) electrons. The number of pyridine rings is 1. The van der Waals surface area contributed by atoms with E-state index in [2.05, 4.69) is 27.0 Å². The van der Waals surface area contributed by atoms with Gasteiger partial charge >= 0.3 is 5.97 Å². The Labute approximate surface area is 125 Å². The molecule has 2 aliphatic rings. The van der Waals surface area contributed by atoms with Crippen LogP contribution >= 0.6 is 15.9 Å². The second-order valence-electron chi connectivity index (χ2n) is 5.57. The zero-order valence-electron chi connectivity index (χ0n) is 10.8. The standard InChI is InChI=1S/C14H14BrN3O2/c15-11-4-9(5-16)12(17-6-11)18-7-10-2-1-3-14(10,8-18)13(19)20/h4,6,10H,1-3,7-8H2,(H,19,20)/t10-,14+/m0/s1. The number of nitrogens with zero attached hydrogens (tertiary/aromatic N) is 3. The van der Waals surface area contributed by atoms with Gasteiger partial charge in [0.05, 0.1) is 11.0 Å². The van der Waals surface area contributed by atoms with E-state index in [1.165, 1.54) is 0 Å². The largest absolute Gasteiger partial charge is 0.481 e. The molecular formula is C14H14BrN3O2. The van der Waals surface area contributed by atoms with Gasteiger partial charge in [0.25, 0.3) is 0 Å². The van der Waals surface area contributed by atoms with Crippen molar-refractivity contribution in [1.29, 1.82) is 5.26 Å². The highest BCUT2D eigenvalue weighted by Gasteiger charge is 2.55. The van der Waals surface area contributed by atoms with Gasteiger partial charge in [-0.2, -0.15) is 5.26 Å². The van der Waals surface area contributed by atoms with Crippen LogP contribution < -0.4 is 4.90 Å². The second-order valence-corrected chi connectivity index (χ2v) is 6.48. The van der Waals surface area contributed by atoms with Gasteiger partial charge in [-0.1, -0.05) is 6.42 Å². The first-order valence-corrected chi connectivity index (χ1v) is 7.40. The van der Waals surface area contributed by atoms with Crippen molar-refractivity contribution in [3.8, 4) is 6.07 Å². The number of halogens is 1. The molecule has 1 N–H and O–H groups in total. The fraction of sp³-hybridized carbons (Fsp3) is 0.500. The molecule has 2 fully saturated rings. The Hall–Kier alpha value is -1.61. The van der Waals surface area contributed by atoms with Crippen LogP contribution in [-0.4, -0.2) is 29.1 Å². The molecule has 20 heavy (non-hydrogen) atoms. The first kappa shape index (κ1) is 13.4. The van der Waals surface area contributed by atoms with Gasteiger partial charge in [-0.15, -0.1) is 0 Å². The Morgan fingerprint density at radius 1 is 1.65 bits per heavy atom.